The van der Waals surface area contributed by atoms with Gasteiger partial charge in [-0.1, -0.05) is 172 Å². The Bertz CT molecular complexity index is 1990. The molecule has 282 valence electrons. The van der Waals surface area contributed by atoms with E-state index in [-0.39, 0.29) is 32.5 Å². The molecule has 0 saturated carbocycles. The Morgan fingerprint density at radius 1 is 0.808 bits per heavy atom. The van der Waals surface area contributed by atoms with Gasteiger partial charge < -0.3 is 4.74 Å². The average molecular weight is 717 g/mol. The van der Waals surface area contributed by atoms with E-state index in [0.717, 1.165) is 24.3 Å². The summed E-state index contributed by atoms with van der Waals surface area (Å²) in [5.41, 5.74) is 11.3. The van der Waals surface area contributed by atoms with Crippen LogP contribution in [0.3, 0.4) is 0 Å². The third-order valence-electron chi connectivity index (χ3n) is 13.6. The molecular weight excluding hydrogens is 645 g/mol. The molecule has 0 amide bonds. The maximum atomic E-state index is 7.01. The molecule has 2 heteroatoms. The van der Waals surface area contributed by atoms with Gasteiger partial charge in [0.05, 0.1) is 0 Å². The number of ether oxygens (including phenoxy) is 1. The van der Waals surface area contributed by atoms with Crippen molar-refractivity contribution in [3.8, 4) is 5.75 Å². The van der Waals surface area contributed by atoms with Crippen LogP contribution < -0.4 is 20.4 Å². The number of fused-ring (bicyclic) bond motifs is 8. The molecule has 6 rings (SSSR count). The van der Waals surface area contributed by atoms with E-state index in [0.29, 0.717) is 12.5 Å². The van der Waals surface area contributed by atoms with Crippen molar-refractivity contribution in [2.75, 3.05) is 6.61 Å². The highest BCUT2D eigenvalue weighted by atomic mass is 28.3. The number of rotatable bonds is 7. The van der Waals surface area contributed by atoms with Crippen molar-refractivity contribution in [2.24, 2.45) is 10.8 Å². The summed E-state index contributed by atoms with van der Waals surface area (Å²) in [5, 5.41) is 6.50. The van der Waals surface area contributed by atoms with E-state index in [1.165, 1.54) is 35.6 Å². The molecule has 0 aliphatic heterocycles. The summed E-state index contributed by atoms with van der Waals surface area (Å²) in [6.45, 7) is 43.9. The molecule has 2 aromatic carbocycles. The van der Waals surface area contributed by atoms with Crippen LogP contribution in [0.15, 0.2) is 48.6 Å². The van der Waals surface area contributed by atoms with Gasteiger partial charge >= 0.3 is 0 Å². The van der Waals surface area contributed by atoms with Crippen LogP contribution in [0.1, 0.15) is 169 Å². The number of hydrogen-bond donors (Lipinski definition) is 0. The standard InChI is InChI=1S/C50H72OSi/c1-18-27-51-43-37(46(7,8)9)28-32(45(4,5)6)29-38(43)52(19-2,20-3)44-36-31-48(12,13)23-21-33(36)39-40(44)35-30-47(10,11)24-22-34(35)41-42(39)50(16,17)26-25-49(41,14)15/h18,25-26,28-31,33H,1,19-24,27H2,2-17H3. The van der Waals surface area contributed by atoms with E-state index in [2.05, 4.69) is 154 Å². The molecular formula is C50H72OSi. The molecule has 1 atom stereocenters. The van der Waals surface area contributed by atoms with Crippen LogP contribution in [0, 0.1) is 10.8 Å². The molecule has 0 N–H and O–H groups in total. The lowest BCUT2D eigenvalue weighted by molar-refractivity contribution is 0.353. The Kier molecular flexibility index (Phi) is 9.38. The fourth-order valence-electron chi connectivity index (χ4n) is 10.6. The van der Waals surface area contributed by atoms with Gasteiger partial charge in [0.1, 0.15) is 20.4 Å². The van der Waals surface area contributed by atoms with Gasteiger partial charge in [-0.05, 0) is 107 Å². The minimum absolute atomic E-state index is 0.00175. The summed E-state index contributed by atoms with van der Waals surface area (Å²) in [4.78, 5) is 0. The molecule has 2 aromatic rings. The highest BCUT2D eigenvalue weighted by Gasteiger charge is 2.51. The third-order valence-corrected chi connectivity index (χ3v) is 19.0. The fraction of sp³-hybridized carbons (Fsp3) is 0.600. The van der Waals surface area contributed by atoms with E-state index >= 15 is 0 Å². The second-order valence-electron chi connectivity index (χ2n) is 21.7. The average Bonchev–Trinajstić information content (AvgIpc) is 3.35. The van der Waals surface area contributed by atoms with Crippen molar-refractivity contribution >= 4 is 24.5 Å². The zero-order chi connectivity index (χ0) is 38.6. The van der Waals surface area contributed by atoms with E-state index in [1.54, 1.807) is 43.5 Å². The van der Waals surface area contributed by atoms with Gasteiger partial charge in [-0.2, -0.15) is 0 Å². The Morgan fingerprint density at radius 3 is 1.96 bits per heavy atom. The zero-order valence-corrected chi connectivity index (χ0v) is 37.2. The molecule has 4 aliphatic carbocycles. The topological polar surface area (TPSA) is 9.23 Å². The van der Waals surface area contributed by atoms with Crippen LogP contribution in [0.25, 0.3) is 11.3 Å². The van der Waals surface area contributed by atoms with E-state index in [4.69, 9.17) is 4.74 Å². The van der Waals surface area contributed by atoms with Gasteiger partial charge in [0.2, 0.25) is 0 Å². The summed E-state index contributed by atoms with van der Waals surface area (Å²) in [7, 11) is -2.51. The van der Waals surface area contributed by atoms with Crippen molar-refractivity contribution in [1.29, 1.82) is 0 Å². The Morgan fingerprint density at radius 2 is 1.40 bits per heavy atom. The maximum Gasteiger partial charge on any atom is 0.123 e. The summed E-state index contributed by atoms with van der Waals surface area (Å²) >= 11 is 0. The Balaban J connectivity index is 1.94. The van der Waals surface area contributed by atoms with Crippen molar-refractivity contribution in [3.63, 3.8) is 0 Å². The highest BCUT2D eigenvalue weighted by Crippen LogP contribution is 2.55. The Labute approximate surface area is 319 Å². The summed E-state index contributed by atoms with van der Waals surface area (Å²) < 4.78 is 7.01. The highest BCUT2D eigenvalue weighted by molar-refractivity contribution is 7.06. The molecule has 0 aromatic heterocycles. The van der Waals surface area contributed by atoms with E-state index in [9.17, 15) is 0 Å². The smallest absolute Gasteiger partial charge is 0.123 e. The van der Waals surface area contributed by atoms with Crippen LogP contribution in [0.4, 0.5) is 0 Å². The molecule has 1 nitrogen and oxygen atoms in total. The van der Waals surface area contributed by atoms with Crippen LogP contribution in [0.2, 0.25) is 12.1 Å². The third kappa shape index (κ3) is 6.19. The first-order valence-electron chi connectivity index (χ1n) is 20.7. The van der Waals surface area contributed by atoms with Crippen molar-refractivity contribution in [2.45, 2.75) is 176 Å². The largest absolute Gasteiger partial charge is 0.489 e. The minimum atomic E-state index is -2.51. The number of hydrogen-bond acceptors (Lipinski definition) is 1. The summed E-state index contributed by atoms with van der Waals surface area (Å²) in [6, 6.07) is 7.41. The predicted molar refractivity (Wildman–Crippen MR) is 231 cm³/mol. The molecule has 0 saturated heterocycles. The molecule has 1 unspecified atom stereocenters. The predicted octanol–water partition coefficient (Wildman–Crippen LogP) is 11.7. The number of allylic oxidation sites excluding steroid dienone is 4. The van der Waals surface area contributed by atoms with Crippen LogP contribution >= 0.6 is 0 Å². The van der Waals surface area contributed by atoms with Gasteiger partial charge in [-0.3, -0.25) is 0 Å². The second-order valence-corrected chi connectivity index (χ2v) is 26.3. The first kappa shape index (κ1) is 39.1. The van der Waals surface area contributed by atoms with Gasteiger partial charge in [-0.15, -0.1) is 0 Å². The van der Waals surface area contributed by atoms with Gasteiger partial charge in [-0.25, -0.2) is 0 Å². The lowest BCUT2D eigenvalue weighted by Crippen LogP contribution is -2.54. The minimum Gasteiger partial charge on any atom is -0.489 e. The molecule has 0 spiro atoms. The molecule has 0 bridgehead atoms. The van der Waals surface area contributed by atoms with Crippen LogP contribution in [-0.2, 0) is 28.1 Å². The molecule has 0 fully saturated rings. The van der Waals surface area contributed by atoms with Crippen LogP contribution in [-0.4, -0.2) is 14.7 Å². The summed E-state index contributed by atoms with van der Waals surface area (Å²) in [5.74, 6) is 1.58. The molecule has 0 radical (unpaired) electrons. The lowest BCUT2D eigenvalue weighted by Gasteiger charge is -2.43. The van der Waals surface area contributed by atoms with Gasteiger partial charge in [0.15, 0.2) is 0 Å². The fourth-order valence-corrected chi connectivity index (χ4v) is 15.5. The lowest BCUT2D eigenvalue weighted by atomic mass is 9.61. The van der Waals surface area contributed by atoms with Crippen molar-refractivity contribution in [1.82, 2.24) is 0 Å². The van der Waals surface area contributed by atoms with Crippen molar-refractivity contribution < 1.29 is 4.74 Å². The molecule has 0 heterocycles. The number of benzene rings is 2. The SMILES string of the molecule is C=CCOc1c(C(C)(C)C)cc(C(C)(C)C)cc1[Si](CC)(CC)C1=c2c(c3c(c4c2=CC(C)(C)CC4)C(C)(C)C=CC3(C)C)C2CCC(C)(C)C=C12. The Hall–Kier alpha value is -2.58. The summed E-state index contributed by atoms with van der Waals surface area (Å²) in [6.07, 6.45) is 17.3. The quantitative estimate of drug-likeness (QED) is 0.205. The zero-order valence-electron chi connectivity index (χ0n) is 36.2. The molecule has 52 heavy (non-hydrogen) atoms. The monoisotopic (exact) mass is 717 g/mol. The maximum absolute atomic E-state index is 7.01. The first-order chi connectivity index (χ1) is 23.9. The second kappa shape index (κ2) is 12.5. The normalized spacial score (nSPS) is 22.4. The first-order valence-corrected chi connectivity index (χ1v) is 23.1. The van der Waals surface area contributed by atoms with E-state index < -0.39 is 8.07 Å². The van der Waals surface area contributed by atoms with Gasteiger partial charge in [0, 0.05) is 16.7 Å². The van der Waals surface area contributed by atoms with Gasteiger partial charge in [0.25, 0.3) is 0 Å². The van der Waals surface area contributed by atoms with Crippen molar-refractivity contribution in [3.05, 3.63) is 92.4 Å². The molecule has 4 aliphatic rings. The van der Waals surface area contributed by atoms with E-state index in [1.807, 2.05) is 6.08 Å². The van der Waals surface area contributed by atoms with Crippen LogP contribution in [0.5, 0.6) is 5.75 Å².